The molecule has 24 heavy (non-hydrogen) atoms. The third kappa shape index (κ3) is 2.86. The molecule has 3 nitrogen and oxygen atoms in total. The molecule has 0 radical (unpaired) electrons. The predicted molar refractivity (Wildman–Crippen MR) is 98.2 cm³/mol. The maximum absolute atomic E-state index is 5.97. The van der Waals surface area contributed by atoms with Gasteiger partial charge in [0, 0.05) is 21.5 Å². The summed E-state index contributed by atoms with van der Waals surface area (Å²) in [6.07, 6.45) is 0. The number of oxazole rings is 1. The second-order valence-electron chi connectivity index (χ2n) is 5.34. The van der Waals surface area contributed by atoms with Crippen LogP contribution in [-0.2, 0) is 0 Å². The van der Waals surface area contributed by atoms with E-state index in [9.17, 15) is 0 Å². The Morgan fingerprint density at radius 2 is 1.67 bits per heavy atom. The first-order valence-electron chi connectivity index (χ1n) is 7.45. The lowest BCUT2D eigenvalue weighted by atomic mass is 10.2. The minimum Gasteiger partial charge on any atom is -0.434 e. The van der Waals surface area contributed by atoms with Crippen LogP contribution in [0.5, 0.6) is 0 Å². The third-order valence-electron chi connectivity index (χ3n) is 3.65. The Balaban J connectivity index is 1.70. The van der Waals surface area contributed by atoms with Gasteiger partial charge in [-0.1, -0.05) is 41.9 Å². The summed E-state index contributed by atoms with van der Waals surface area (Å²) in [5.74, 6) is 1.33. The molecule has 5 heteroatoms. The van der Waals surface area contributed by atoms with E-state index in [2.05, 4.69) is 9.97 Å². The van der Waals surface area contributed by atoms with Gasteiger partial charge in [-0.2, -0.15) is 0 Å². The summed E-state index contributed by atoms with van der Waals surface area (Å²) in [6, 6.07) is 17.5. The lowest BCUT2D eigenvalue weighted by Crippen LogP contribution is -1.80. The first kappa shape index (κ1) is 15.1. The lowest BCUT2D eigenvalue weighted by molar-refractivity contribution is 0.586. The van der Waals surface area contributed by atoms with Crippen molar-refractivity contribution in [1.29, 1.82) is 0 Å². The van der Waals surface area contributed by atoms with E-state index in [4.69, 9.17) is 16.0 Å². The van der Waals surface area contributed by atoms with Crippen LogP contribution in [-0.4, -0.2) is 9.97 Å². The largest absolute Gasteiger partial charge is 0.434 e. The van der Waals surface area contributed by atoms with Crippen LogP contribution in [0.1, 0.15) is 5.69 Å². The quantitative estimate of drug-likeness (QED) is 0.447. The molecule has 2 heterocycles. The van der Waals surface area contributed by atoms with Gasteiger partial charge in [-0.15, -0.1) is 11.3 Å². The Morgan fingerprint density at radius 3 is 2.42 bits per heavy atom. The molecular weight excluding hydrogens is 340 g/mol. The molecule has 0 spiro atoms. The number of rotatable bonds is 3. The van der Waals surface area contributed by atoms with Crippen molar-refractivity contribution in [2.24, 2.45) is 0 Å². The Hall–Kier alpha value is -2.43. The van der Waals surface area contributed by atoms with Crippen LogP contribution in [0.25, 0.3) is 33.5 Å². The zero-order valence-corrected chi connectivity index (χ0v) is 14.4. The molecule has 0 aliphatic heterocycles. The zero-order chi connectivity index (χ0) is 16.5. The average Bonchev–Trinajstić information content (AvgIpc) is 3.23. The Bertz CT molecular complexity index is 974. The fourth-order valence-corrected chi connectivity index (χ4v) is 3.37. The molecule has 0 aliphatic carbocycles. The van der Waals surface area contributed by atoms with E-state index in [1.807, 2.05) is 66.9 Å². The van der Waals surface area contributed by atoms with Gasteiger partial charge >= 0.3 is 0 Å². The third-order valence-corrected chi connectivity index (χ3v) is 4.79. The molecule has 4 rings (SSSR count). The summed E-state index contributed by atoms with van der Waals surface area (Å²) in [7, 11) is 0. The van der Waals surface area contributed by atoms with Gasteiger partial charge in [0.2, 0.25) is 5.89 Å². The number of benzene rings is 2. The topological polar surface area (TPSA) is 38.9 Å². The van der Waals surface area contributed by atoms with E-state index < -0.39 is 0 Å². The van der Waals surface area contributed by atoms with Crippen LogP contribution in [0.2, 0.25) is 5.02 Å². The van der Waals surface area contributed by atoms with E-state index in [1.54, 1.807) is 11.3 Å². The number of hydrogen-bond acceptors (Lipinski definition) is 4. The summed E-state index contributed by atoms with van der Waals surface area (Å²) in [4.78, 5) is 9.22. The standard InChI is InChI=1S/C19H13ClN2OS/c1-12-17(23-18(21-12)13-5-3-2-4-6-13)16-11-24-19(22-16)14-7-9-15(20)10-8-14/h2-11H,1H3. The van der Waals surface area contributed by atoms with Crippen molar-refractivity contribution in [2.45, 2.75) is 6.92 Å². The van der Waals surface area contributed by atoms with Crippen molar-refractivity contribution < 1.29 is 4.42 Å². The predicted octanol–water partition coefficient (Wildman–Crippen LogP) is 6.09. The van der Waals surface area contributed by atoms with Gasteiger partial charge in [0.25, 0.3) is 0 Å². The van der Waals surface area contributed by atoms with Crippen LogP contribution in [0.3, 0.4) is 0 Å². The number of thiazole rings is 1. The molecule has 2 aromatic carbocycles. The zero-order valence-electron chi connectivity index (χ0n) is 12.9. The Morgan fingerprint density at radius 1 is 0.917 bits per heavy atom. The summed E-state index contributed by atoms with van der Waals surface area (Å²) >= 11 is 7.52. The molecular formula is C19H13ClN2OS. The van der Waals surface area contributed by atoms with Gasteiger partial charge in [-0.05, 0) is 31.2 Å². The van der Waals surface area contributed by atoms with Crippen molar-refractivity contribution in [1.82, 2.24) is 9.97 Å². The second-order valence-corrected chi connectivity index (χ2v) is 6.64. The molecule has 0 bridgehead atoms. The number of aromatic nitrogens is 2. The van der Waals surface area contributed by atoms with Crippen LogP contribution < -0.4 is 0 Å². The molecule has 0 atom stereocenters. The first-order chi connectivity index (χ1) is 11.7. The average molecular weight is 353 g/mol. The van der Waals surface area contributed by atoms with E-state index in [1.165, 1.54) is 0 Å². The van der Waals surface area contributed by atoms with Crippen molar-refractivity contribution in [3.05, 3.63) is 70.7 Å². The van der Waals surface area contributed by atoms with E-state index >= 15 is 0 Å². The van der Waals surface area contributed by atoms with Crippen LogP contribution in [0, 0.1) is 6.92 Å². The van der Waals surface area contributed by atoms with Crippen LogP contribution >= 0.6 is 22.9 Å². The van der Waals surface area contributed by atoms with Crippen molar-refractivity contribution >= 4 is 22.9 Å². The van der Waals surface area contributed by atoms with Gasteiger partial charge in [-0.25, -0.2) is 9.97 Å². The molecule has 118 valence electrons. The first-order valence-corrected chi connectivity index (χ1v) is 8.71. The summed E-state index contributed by atoms with van der Waals surface area (Å²) in [6.45, 7) is 1.94. The van der Waals surface area contributed by atoms with Crippen molar-refractivity contribution in [3.63, 3.8) is 0 Å². The Kier molecular flexibility index (Phi) is 3.92. The van der Waals surface area contributed by atoms with E-state index in [-0.39, 0.29) is 0 Å². The highest BCUT2D eigenvalue weighted by molar-refractivity contribution is 7.13. The summed E-state index contributed by atoms with van der Waals surface area (Å²) in [5.41, 5.74) is 3.63. The minimum absolute atomic E-state index is 0.615. The fraction of sp³-hybridized carbons (Fsp3) is 0.0526. The molecule has 0 fully saturated rings. The molecule has 0 aliphatic rings. The molecule has 0 saturated heterocycles. The second kappa shape index (κ2) is 6.23. The molecule has 0 saturated carbocycles. The number of halogens is 1. The minimum atomic E-state index is 0.615. The van der Waals surface area contributed by atoms with Gasteiger partial charge in [0.1, 0.15) is 10.7 Å². The SMILES string of the molecule is Cc1nc(-c2ccccc2)oc1-c1csc(-c2ccc(Cl)cc2)n1. The molecule has 0 N–H and O–H groups in total. The highest BCUT2D eigenvalue weighted by Crippen LogP contribution is 2.33. The monoisotopic (exact) mass is 352 g/mol. The van der Waals surface area contributed by atoms with Crippen molar-refractivity contribution in [3.8, 4) is 33.5 Å². The van der Waals surface area contributed by atoms with E-state index in [0.717, 1.165) is 27.5 Å². The fourth-order valence-electron chi connectivity index (χ4n) is 2.44. The summed E-state index contributed by atoms with van der Waals surface area (Å²) in [5, 5.41) is 3.64. The molecule has 4 aromatic rings. The number of hydrogen-bond donors (Lipinski definition) is 0. The lowest BCUT2D eigenvalue weighted by Gasteiger charge is -1.96. The van der Waals surface area contributed by atoms with Gasteiger partial charge in [-0.3, -0.25) is 0 Å². The van der Waals surface area contributed by atoms with Crippen molar-refractivity contribution in [2.75, 3.05) is 0 Å². The maximum Gasteiger partial charge on any atom is 0.227 e. The summed E-state index contributed by atoms with van der Waals surface area (Å²) < 4.78 is 5.97. The van der Waals surface area contributed by atoms with E-state index in [0.29, 0.717) is 16.7 Å². The number of aryl methyl sites for hydroxylation is 1. The molecule has 2 aromatic heterocycles. The highest BCUT2D eigenvalue weighted by Gasteiger charge is 2.16. The highest BCUT2D eigenvalue weighted by atomic mass is 35.5. The van der Waals surface area contributed by atoms with Crippen LogP contribution in [0.15, 0.2) is 64.4 Å². The molecule has 0 amide bonds. The Labute approximate surface area is 148 Å². The van der Waals surface area contributed by atoms with Gasteiger partial charge < -0.3 is 4.42 Å². The van der Waals surface area contributed by atoms with Crippen LogP contribution in [0.4, 0.5) is 0 Å². The smallest absolute Gasteiger partial charge is 0.227 e. The molecule has 0 unspecified atom stereocenters. The maximum atomic E-state index is 5.97. The number of nitrogens with zero attached hydrogens (tertiary/aromatic N) is 2. The van der Waals surface area contributed by atoms with Gasteiger partial charge in [0.15, 0.2) is 5.76 Å². The van der Waals surface area contributed by atoms with Gasteiger partial charge in [0.05, 0.1) is 5.69 Å². The normalized spacial score (nSPS) is 10.9.